The first-order valence-electron chi connectivity index (χ1n) is 4.30. The molecule has 0 fully saturated rings. The quantitative estimate of drug-likeness (QED) is 0.827. The van der Waals surface area contributed by atoms with E-state index in [1.165, 1.54) is 0 Å². The van der Waals surface area contributed by atoms with Crippen molar-refractivity contribution >= 4 is 15.9 Å². The van der Waals surface area contributed by atoms with Crippen LogP contribution in [0.1, 0.15) is 5.56 Å². The molecule has 4 nitrogen and oxygen atoms in total. The summed E-state index contributed by atoms with van der Waals surface area (Å²) in [7, 11) is 1.56. The minimum atomic E-state index is 0.181. The van der Waals surface area contributed by atoms with Gasteiger partial charge in [0.15, 0.2) is 11.5 Å². The van der Waals surface area contributed by atoms with Gasteiger partial charge in [-0.1, -0.05) is 0 Å². The topological polar surface area (TPSA) is 51.5 Å². The molecule has 1 heterocycles. The number of halogens is 1. The molecule has 15 heavy (non-hydrogen) atoms. The molecule has 0 unspecified atom stereocenters. The van der Waals surface area contributed by atoms with Crippen LogP contribution in [-0.2, 0) is 6.42 Å². The minimum Gasteiger partial charge on any atom is -0.493 e. The molecule has 0 radical (unpaired) electrons. The molecule has 1 aromatic carbocycles. The maximum atomic E-state index is 8.67. The van der Waals surface area contributed by atoms with Crippen LogP contribution in [0.5, 0.6) is 17.2 Å². The molecule has 0 saturated carbocycles. The van der Waals surface area contributed by atoms with E-state index in [4.69, 9.17) is 19.5 Å². The Bertz CT molecular complexity index is 439. The number of methoxy groups -OCH3 is 1. The Hall–Kier alpha value is -1.41. The number of fused-ring (bicyclic) bond motifs is 1. The van der Waals surface area contributed by atoms with Crippen molar-refractivity contribution in [2.24, 2.45) is 0 Å². The zero-order valence-corrected chi connectivity index (χ0v) is 9.63. The van der Waals surface area contributed by atoms with Gasteiger partial charge in [0, 0.05) is 0 Å². The highest BCUT2D eigenvalue weighted by Crippen LogP contribution is 2.47. The average molecular weight is 270 g/mol. The number of hydrogen-bond donors (Lipinski definition) is 0. The number of benzene rings is 1. The Labute approximate surface area is 95.5 Å². The van der Waals surface area contributed by atoms with Crippen molar-refractivity contribution in [1.29, 1.82) is 5.26 Å². The molecular formula is C10H8BrNO3. The molecule has 0 spiro atoms. The Kier molecular flexibility index (Phi) is 2.69. The van der Waals surface area contributed by atoms with Gasteiger partial charge in [0.05, 0.1) is 24.1 Å². The van der Waals surface area contributed by atoms with Crippen molar-refractivity contribution in [3.05, 3.63) is 16.1 Å². The lowest BCUT2D eigenvalue weighted by atomic mass is 10.1. The van der Waals surface area contributed by atoms with E-state index in [0.29, 0.717) is 23.7 Å². The van der Waals surface area contributed by atoms with E-state index in [9.17, 15) is 0 Å². The van der Waals surface area contributed by atoms with E-state index in [1.807, 2.05) is 0 Å². The predicted octanol–water partition coefficient (Wildman–Crippen LogP) is 2.25. The molecule has 1 aromatic rings. The van der Waals surface area contributed by atoms with Gasteiger partial charge in [0.2, 0.25) is 12.5 Å². The first kappa shape index (κ1) is 10.1. The van der Waals surface area contributed by atoms with E-state index in [1.54, 1.807) is 13.2 Å². The van der Waals surface area contributed by atoms with Gasteiger partial charge in [-0.05, 0) is 27.6 Å². The van der Waals surface area contributed by atoms with E-state index in [0.717, 1.165) is 10.0 Å². The van der Waals surface area contributed by atoms with Crippen molar-refractivity contribution in [2.45, 2.75) is 6.42 Å². The van der Waals surface area contributed by atoms with E-state index < -0.39 is 0 Å². The molecular weight excluding hydrogens is 262 g/mol. The van der Waals surface area contributed by atoms with Crippen LogP contribution >= 0.6 is 15.9 Å². The molecule has 0 aromatic heterocycles. The molecule has 1 aliphatic rings. The van der Waals surface area contributed by atoms with E-state index in [2.05, 4.69) is 22.0 Å². The van der Waals surface area contributed by atoms with Crippen LogP contribution in [0.4, 0.5) is 0 Å². The van der Waals surface area contributed by atoms with Gasteiger partial charge in [-0.25, -0.2) is 0 Å². The number of nitrogens with zero attached hydrogens (tertiary/aromatic N) is 1. The lowest BCUT2D eigenvalue weighted by Crippen LogP contribution is -1.93. The summed E-state index contributed by atoms with van der Waals surface area (Å²) in [5.41, 5.74) is 0.832. The van der Waals surface area contributed by atoms with Crippen molar-refractivity contribution in [1.82, 2.24) is 0 Å². The molecule has 0 N–H and O–H groups in total. The Morgan fingerprint density at radius 2 is 2.27 bits per heavy atom. The Morgan fingerprint density at radius 3 is 2.93 bits per heavy atom. The number of ether oxygens (including phenoxy) is 3. The summed E-state index contributed by atoms with van der Waals surface area (Å²) >= 11 is 3.38. The van der Waals surface area contributed by atoms with Crippen LogP contribution in [0.25, 0.3) is 0 Å². The number of rotatable bonds is 2. The molecule has 2 rings (SSSR count). The van der Waals surface area contributed by atoms with Crippen LogP contribution < -0.4 is 14.2 Å². The second-order valence-corrected chi connectivity index (χ2v) is 3.74. The first-order valence-corrected chi connectivity index (χ1v) is 5.09. The summed E-state index contributed by atoms with van der Waals surface area (Å²) in [4.78, 5) is 0. The van der Waals surface area contributed by atoms with Gasteiger partial charge in [-0.3, -0.25) is 0 Å². The van der Waals surface area contributed by atoms with Crippen LogP contribution in [0.2, 0.25) is 0 Å². The predicted molar refractivity (Wildman–Crippen MR) is 56.1 cm³/mol. The molecule has 78 valence electrons. The molecule has 0 aliphatic carbocycles. The fraction of sp³-hybridized carbons (Fsp3) is 0.300. The van der Waals surface area contributed by atoms with Gasteiger partial charge < -0.3 is 14.2 Å². The zero-order valence-electron chi connectivity index (χ0n) is 8.04. The summed E-state index contributed by atoms with van der Waals surface area (Å²) in [5, 5.41) is 8.67. The third-order valence-corrected chi connectivity index (χ3v) is 2.98. The maximum Gasteiger partial charge on any atom is 0.231 e. The highest BCUT2D eigenvalue weighted by molar-refractivity contribution is 9.10. The fourth-order valence-electron chi connectivity index (χ4n) is 1.42. The van der Waals surface area contributed by atoms with Crippen LogP contribution in [-0.4, -0.2) is 13.9 Å². The lowest BCUT2D eigenvalue weighted by Gasteiger charge is -2.08. The number of nitriles is 1. The largest absolute Gasteiger partial charge is 0.493 e. The SMILES string of the molecule is COc1cc(CC#N)c(Br)c2c1OCO2. The molecule has 1 aliphatic heterocycles. The third kappa shape index (κ3) is 1.61. The fourth-order valence-corrected chi connectivity index (χ4v) is 1.97. The number of hydrogen-bond acceptors (Lipinski definition) is 4. The van der Waals surface area contributed by atoms with E-state index in [-0.39, 0.29) is 6.79 Å². The smallest absolute Gasteiger partial charge is 0.231 e. The van der Waals surface area contributed by atoms with Gasteiger partial charge in [0.1, 0.15) is 0 Å². The maximum absolute atomic E-state index is 8.67. The Morgan fingerprint density at radius 1 is 1.53 bits per heavy atom. The van der Waals surface area contributed by atoms with E-state index >= 15 is 0 Å². The average Bonchev–Trinajstić information content (AvgIpc) is 2.71. The summed E-state index contributed by atoms with van der Waals surface area (Å²) in [5.74, 6) is 1.79. The summed E-state index contributed by atoms with van der Waals surface area (Å²) in [6.45, 7) is 0.181. The first-order chi connectivity index (χ1) is 7.27. The molecule has 0 atom stereocenters. The van der Waals surface area contributed by atoms with Gasteiger partial charge in [-0.2, -0.15) is 5.26 Å². The van der Waals surface area contributed by atoms with Crippen LogP contribution in [0.15, 0.2) is 10.5 Å². The zero-order chi connectivity index (χ0) is 10.8. The second-order valence-electron chi connectivity index (χ2n) is 2.95. The standard InChI is InChI=1S/C10H8BrNO3/c1-13-7-4-6(2-3-12)8(11)10-9(7)14-5-15-10/h4H,2,5H2,1H3. The van der Waals surface area contributed by atoms with Crippen LogP contribution in [0, 0.1) is 11.3 Å². The summed E-state index contributed by atoms with van der Waals surface area (Å²) < 4.78 is 16.5. The highest BCUT2D eigenvalue weighted by atomic mass is 79.9. The molecule has 5 heteroatoms. The van der Waals surface area contributed by atoms with Crippen molar-refractivity contribution < 1.29 is 14.2 Å². The monoisotopic (exact) mass is 269 g/mol. The van der Waals surface area contributed by atoms with Gasteiger partial charge in [-0.15, -0.1) is 0 Å². The summed E-state index contributed by atoms with van der Waals surface area (Å²) in [6, 6.07) is 3.86. The summed E-state index contributed by atoms with van der Waals surface area (Å²) in [6.07, 6.45) is 0.299. The highest BCUT2D eigenvalue weighted by Gasteiger charge is 2.24. The lowest BCUT2D eigenvalue weighted by molar-refractivity contribution is 0.170. The minimum absolute atomic E-state index is 0.181. The second kappa shape index (κ2) is 3.99. The third-order valence-electron chi connectivity index (χ3n) is 2.11. The molecule has 0 amide bonds. The van der Waals surface area contributed by atoms with Crippen molar-refractivity contribution in [3.8, 4) is 23.3 Å². The van der Waals surface area contributed by atoms with Gasteiger partial charge in [0.25, 0.3) is 0 Å². The van der Waals surface area contributed by atoms with Crippen LogP contribution in [0.3, 0.4) is 0 Å². The van der Waals surface area contributed by atoms with Crippen molar-refractivity contribution in [2.75, 3.05) is 13.9 Å². The normalized spacial score (nSPS) is 12.3. The van der Waals surface area contributed by atoms with Crippen molar-refractivity contribution in [3.63, 3.8) is 0 Å². The van der Waals surface area contributed by atoms with Gasteiger partial charge >= 0.3 is 0 Å². The molecule has 0 bridgehead atoms. The Balaban J connectivity index is 2.57. The molecule has 0 saturated heterocycles.